The molecule has 1 amide bonds. The van der Waals surface area contributed by atoms with Gasteiger partial charge < -0.3 is 5.11 Å². The highest BCUT2D eigenvalue weighted by Gasteiger charge is 2.47. The number of amides is 1. The number of aliphatic hydroxyl groups excluding tert-OH is 1. The molecule has 0 radical (unpaired) electrons. The van der Waals surface area contributed by atoms with Gasteiger partial charge in [0.2, 0.25) is 0 Å². The van der Waals surface area contributed by atoms with E-state index in [1.165, 1.54) is 18.5 Å². The number of aliphatic hydroxyl groups is 1. The number of aromatic nitrogens is 1. The predicted molar refractivity (Wildman–Crippen MR) is 125 cm³/mol. The molecule has 0 spiro atoms. The van der Waals surface area contributed by atoms with Gasteiger partial charge in [0.25, 0.3) is 11.7 Å². The first kappa shape index (κ1) is 23.3. The van der Waals surface area contributed by atoms with Crippen molar-refractivity contribution in [1.29, 1.82) is 0 Å². The zero-order valence-corrected chi connectivity index (χ0v) is 19.3. The Morgan fingerprint density at radius 3 is 2.26 bits per heavy atom. The molecule has 2 aromatic carbocycles. The normalized spacial score (nSPS) is 17.9. The van der Waals surface area contributed by atoms with Crippen LogP contribution in [0, 0.1) is 18.6 Å². The van der Waals surface area contributed by atoms with E-state index in [-0.39, 0.29) is 22.4 Å². The molecule has 3 aromatic rings. The van der Waals surface area contributed by atoms with Crippen LogP contribution in [0.3, 0.4) is 0 Å². The fourth-order valence-corrected chi connectivity index (χ4v) is 4.08. The summed E-state index contributed by atoms with van der Waals surface area (Å²) in [4.78, 5) is 31.4. The number of hydrogen-bond donors (Lipinski definition) is 1. The number of nitrogens with zero attached hydrogens (tertiary/aromatic N) is 2. The van der Waals surface area contributed by atoms with Crippen LogP contribution in [0.1, 0.15) is 49.1 Å². The first-order valence-electron chi connectivity index (χ1n) is 10.8. The van der Waals surface area contributed by atoms with Gasteiger partial charge in [0.05, 0.1) is 11.6 Å². The van der Waals surface area contributed by atoms with E-state index < -0.39 is 29.4 Å². The summed E-state index contributed by atoms with van der Waals surface area (Å²) in [5, 5.41) is 11.4. The number of aryl methyl sites for hydroxylation is 1. The third-order valence-corrected chi connectivity index (χ3v) is 6.01. The smallest absolute Gasteiger partial charge is 0.300 e. The van der Waals surface area contributed by atoms with Gasteiger partial charge in [-0.3, -0.25) is 19.5 Å². The molecule has 1 fully saturated rings. The van der Waals surface area contributed by atoms with E-state index in [9.17, 15) is 23.5 Å². The molecule has 174 valence electrons. The van der Waals surface area contributed by atoms with Gasteiger partial charge in [0.1, 0.15) is 5.76 Å². The molecule has 34 heavy (non-hydrogen) atoms. The summed E-state index contributed by atoms with van der Waals surface area (Å²) in [6.45, 7) is 7.88. The average Bonchev–Trinajstić information content (AvgIpc) is 3.06. The second kappa shape index (κ2) is 8.48. The summed E-state index contributed by atoms with van der Waals surface area (Å²) in [6.07, 6.45) is 2.98. The summed E-state index contributed by atoms with van der Waals surface area (Å²) in [5.41, 5.74) is 2.23. The lowest BCUT2D eigenvalue weighted by Crippen LogP contribution is -2.29. The van der Waals surface area contributed by atoms with Gasteiger partial charge >= 0.3 is 0 Å². The van der Waals surface area contributed by atoms with Crippen LogP contribution < -0.4 is 4.90 Å². The molecule has 2 heterocycles. The number of Topliss-reactive ketones (excluding diaryl/α,β-unsaturated/α-hetero) is 1. The maximum Gasteiger partial charge on any atom is 0.300 e. The molecular weight excluding hydrogens is 438 g/mol. The number of halogens is 2. The molecule has 0 aliphatic carbocycles. The van der Waals surface area contributed by atoms with Gasteiger partial charge in [0, 0.05) is 29.7 Å². The molecule has 4 rings (SSSR count). The van der Waals surface area contributed by atoms with Gasteiger partial charge in [-0.15, -0.1) is 0 Å². The first-order valence-corrected chi connectivity index (χ1v) is 10.8. The Morgan fingerprint density at radius 1 is 0.971 bits per heavy atom. The summed E-state index contributed by atoms with van der Waals surface area (Å²) < 4.78 is 27.6. The third-order valence-electron chi connectivity index (χ3n) is 6.01. The molecule has 1 saturated heterocycles. The van der Waals surface area contributed by atoms with Gasteiger partial charge in [-0.2, -0.15) is 0 Å². The number of hydrogen-bond acceptors (Lipinski definition) is 4. The summed E-state index contributed by atoms with van der Waals surface area (Å²) in [5.74, 6) is -4.41. The highest BCUT2D eigenvalue weighted by molar-refractivity contribution is 6.51. The highest BCUT2D eigenvalue weighted by Crippen LogP contribution is 2.43. The zero-order chi connectivity index (χ0) is 24.8. The van der Waals surface area contributed by atoms with Gasteiger partial charge in [-0.1, -0.05) is 32.9 Å². The van der Waals surface area contributed by atoms with Crippen molar-refractivity contribution in [3.8, 4) is 0 Å². The Hall–Kier alpha value is -3.87. The van der Waals surface area contributed by atoms with Crippen LogP contribution in [0.4, 0.5) is 14.5 Å². The zero-order valence-electron chi connectivity index (χ0n) is 19.3. The molecular formula is C27H24F2N2O3. The van der Waals surface area contributed by atoms with Crippen LogP contribution in [-0.4, -0.2) is 21.8 Å². The topological polar surface area (TPSA) is 70.5 Å². The summed E-state index contributed by atoms with van der Waals surface area (Å²) in [7, 11) is 0. The van der Waals surface area contributed by atoms with Crippen molar-refractivity contribution < 1.29 is 23.5 Å². The largest absolute Gasteiger partial charge is 0.507 e. The third kappa shape index (κ3) is 3.98. The number of ketones is 1. The fourth-order valence-electron chi connectivity index (χ4n) is 4.08. The molecule has 0 bridgehead atoms. The Balaban J connectivity index is 1.98. The number of rotatable bonds is 3. The Bertz CT molecular complexity index is 1330. The van der Waals surface area contributed by atoms with Crippen molar-refractivity contribution in [2.75, 3.05) is 4.90 Å². The highest BCUT2D eigenvalue weighted by atomic mass is 19.2. The summed E-state index contributed by atoms with van der Waals surface area (Å²) >= 11 is 0. The van der Waals surface area contributed by atoms with Crippen molar-refractivity contribution >= 4 is 23.1 Å². The maximum atomic E-state index is 14.0. The quantitative estimate of drug-likeness (QED) is 0.313. The average molecular weight is 462 g/mol. The van der Waals surface area contributed by atoms with Gasteiger partial charge in [-0.05, 0) is 59.4 Å². The molecule has 1 unspecified atom stereocenters. The van der Waals surface area contributed by atoms with Crippen molar-refractivity contribution in [3.63, 3.8) is 0 Å². The van der Waals surface area contributed by atoms with E-state index in [1.807, 2.05) is 32.9 Å². The molecule has 5 nitrogen and oxygen atoms in total. The summed E-state index contributed by atoms with van der Waals surface area (Å²) in [6, 6.07) is 10.7. The molecule has 7 heteroatoms. The molecule has 1 aliphatic heterocycles. The van der Waals surface area contributed by atoms with E-state index in [0.717, 1.165) is 28.2 Å². The minimum absolute atomic E-state index is 0.00188. The van der Waals surface area contributed by atoms with Crippen LogP contribution in [0.15, 0.2) is 66.5 Å². The van der Waals surface area contributed by atoms with E-state index in [1.54, 1.807) is 25.1 Å². The Morgan fingerprint density at radius 2 is 1.65 bits per heavy atom. The van der Waals surface area contributed by atoms with E-state index in [2.05, 4.69) is 4.98 Å². The molecule has 1 aromatic heterocycles. The maximum absolute atomic E-state index is 14.0. The van der Waals surface area contributed by atoms with Crippen LogP contribution in [0.25, 0.3) is 5.76 Å². The molecule has 1 N–H and O–H groups in total. The molecule has 1 atom stereocenters. The van der Waals surface area contributed by atoms with Crippen LogP contribution in [0.5, 0.6) is 0 Å². The van der Waals surface area contributed by atoms with Crippen molar-refractivity contribution in [2.45, 2.75) is 39.2 Å². The number of carbonyl (C=O) groups excluding carboxylic acids is 2. The standard InChI is InChI=1S/C27H24F2N2O3/c1-15-5-6-17(27(2,3)4)13-19(15)24(32)22-23(16-9-11-30-12-10-16)31(26(34)25(22)33)18-7-8-20(28)21(29)14-18/h5-14,23,32H,1-4H3/b24-22+. The number of benzene rings is 2. The second-order valence-electron chi connectivity index (χ2n) is 9.33. The molecule has 1 aliphatic rings. The minimum Gasteiger partial charge on any atom is -0.507 e. The lowest BCUT2D eigenvalue weighted by Gasteiger charge is -2.26. The van der Waals surface area contributed by atoms with Crippen molar-refractivity contribution in [1.82, 2.24) is 4.98 Å². The number of carbonyl (C=O) groups is 2. The van der Waals surface area contributed by atoms with Crippen molar-refractivity contribution in [3.05, 3.63) is 100 Å². The van der Waals surface area contributed by atoms with Crippen LogP contribution in [-0.2, 0) is 15.0 Å². The first-order chi connectivity index (χ1) is 16.0. The minimum atomic E-state index is -1.15. The van der Waals surface area contributed by atoms with Gasteiger partial charge in [0.15, 0.2) is 11.6 Å². The number of pyridine rings is 1. The lowest BCUT2D eigenvalue weighted by molar-refractivity contribution is -0.132. The Labute approximate surface area is 196 Å². The van der Waals surface area contributed by atoms with E-state index in [4.69, 9.17) is 0 Å². The lowest BCUT2D eigenvalue weighted by atomic mass is 9.84. The fraction of sp³-hybridized carbons (Fsp3) is 0.222. The Kier molecular flexibility index (Phi) is 5.81. The monoisotopic (exact) mass is 462 g/mol. The van der Waals surface area contributed by atoms with E-state index in [0.29, 0.717) is 11.1 Å². The number of anilines is 1. The SMILES string of the molecule is Cc1ccc(C(C)(C)C)cc1/C(O)=C1\C(=O)C(=O)N(c2ccc(F)c(F)c2)C1c1ccncc1. The van der Waals surface area contributed by atoms with Crippen LogP contribution >= 0.6 is 0 Å². The van der Waals surface area contributed by atoms with Crippen molar-refractivity contribution in [2.24, 2.45) is 0 Å². The van der Waals surface area contributed by atoms with E-state index >= 15 is 0 Å². The van der Waals surface area contributed by atoms with Crippen LogP contribution in [0.2, 0.25) is 0 Å². The van der Waals surface area contributed by atoms with Gasteiger partial charge in [-0.25, -0.2) is 8.78 Å². The second-order valence-corrected chi connectivity index (χ2v) is 9.33. The predicted octanol–water partition coefficient (Wildman–Crippen LogP) is 5.59. The molecule has 0 saturated carbocycles.